The molecule has 1 atom stereocenters. The number of thiophene rings is 1. The third-order valence-electron chi connectivity index (χ3n) is 5.36. The summed E-state index contributed by atoms with van der Waals surface area (Å²) in [6, 6.07) is 9.79. The second-order valence-corrected chi connectivity index (χ2v) is 9.50. The van der Waals surface area contributed by atoms with E-state index >= 15 is 0 Å². The van der Waals surface area contributed by atoms with Crippen LogP contribution in [0.2, 0.25) is 0 Å². The summed E-state index contributed by atoms with van der Waals surface area (Å²) in [4.78, 5) is 32.6. The SMILES string of the molecule is C=CCn1c(SCC(=O)N[C@@H](C)c2ccccc2)nc2sc3c(c2c1=O)CCCC3. The van der Waals surface area contributed by atoms with E-state index in [1.54, 1.807) is 22.0 Å². The number of carbonyl (C=O) groups is 1. The van der Waals surface area contributed by atoms with Crippen molar-refractivity contribution in [1.82, 2.24) is 14.9 Å². The molecule has 0 radical (unpaired) electrons. The molecule has 1 amide bonds. The molecular weight excluding hydrogens is 414 g/mol. The molecule has 2 aromatic heterocycles. The van der Waals surface area contributed by atoms with Crippen LogP contribution in [-0.2, 0) is 24.2 Å². The first kappa shape index (κ1) is 20.9. The van der Waals surface area contributed by atoms with Gasteiger partial charge in [-0.2, -0.15) is 0 Å². The predicted octanol–water partition coefficient (Wildman–Crippen LogP) is 4.49. The fraction of sp³-hybridized carbons (Fsp3) is 0.348. The van der Waals surface area contributed by atoms with Gasteiger partial charge in [0, 0.05) is 11.4 Å². The van der Waals surface area contributed by atoms with Gasteiger partial charge in [0.1, 0.15) is 4.83 Å². The predicted molar refractivity (Wildman–Crippen MR) is 124 cm³/mol. The molecule has 156 valence electrons. The number of nitrogens with zero attached hydrogens (tertiary/aromatic N) is 2. The number of allylic oxidation sites excluding steroid dienone is 1. The Morgan fingerprint density at radius 1 is 1.33 bits per heavy atom. The number of rotatable bonds is 7. The van der Waals surface area contributed by atoms with Gasteiger partial charge in [0.25, 0.3) is 5.56 Å². The number of amides is 1. The molecule has 1 aliphatic carbocycles. The number of hydrogen-bond donors (Lipinski definition) is 1. The third kappa shape index (κ3) is 4.23. The van der Waals surface area contributed by atoms with Crippen LogP contribution in [0.25, 0.3) is 10.2 Å². The maximum Gasteiger partial charge on any atom is 0.263 e. The Morgan fingerprint density at radius 2 is 2.10 bits per heavy atom. The molecule has 1 aromatic carbocycles. The zero-order valence-corrected chi connectivity index (χ0v) is 18.7. The van der Waals surface area contributed by atoms with E-state index < -0.39 is 0 Å². The highest BCUT2D eigenvalue weighted by atomic mass is 32.2. The fourth-order valence-electron chi connectivity index (χ4n) is 3.86. The molecular formula is C23H25N3O2S2. The summed E-state index contributed by atoms with van der Waals surface area (Å²) in [5, 5.41) is 4.36. The number of fused-ring (bicyclic) bond motifs is 3. The summed E-state index contributed by atoms with van der Waals surface area (Å²) >= 11 is 2.94. The molecule has 3 aromatic rings. The molecule has 1 aliphatic rings. The van der Waals surface area contributed by atoms with Crippen LogP contribution in [0.4, 0.5) is 0 Å². The van der Waals surface area contributed by atoms with E-state index in [4.69, 9.17) is 4.98 Å². The Hall–Kier alpha value is -2.38. The molecule has 30 heavy (non-hydrogen) atoms. The van der Waals surface area contributed by atoms with Gasteiger partial charge in [0.2, 0.25) is 5.91 Å². The number of hydrogen-bond acceptors (Lipinski definition) is 5. The minimum Gasteiger partial charge on any atom is -0.349 e. The van der Waals surface area contributed by atoms with E-state index in [9.17, 15) is 9.59 Å². The van der Waals surface area contributed by atoms with Crippen molar-refractivity contribution in [3.63, 3.8) is 0 Å². The van der Waals surface area contributed by atoms with E-state index in [-0.39, 0.29) is 23.3 Å². The lowest BCUT2D eigenvalue weighted by Gasteiger charge is -2.15. The standard InChI is InChI=1S/C23H25N3O2S2/c1-3-13-26-22(28)20-17-11-7-8-12-18(17)30-21(20)25-23(26)29-14-19(27)24-15(2)16-9-5-4-6-10-16/h3-6,9-10,15H,1,7-8,11-14H2,2H3,(H,24,27)/t15-/m0/s1. The van der Waals surface area contributed by atoms with E-state index in [0.717, 1.165) is 35.0 Å². The lowest BCUT2D eigenvalue weighted by molar-refractivity contribution is -0.119. The number of aryl methyl sites for hydroxylation is 2. The zero-order chi connectivity index (χ0) is 21.1. The average molecular weight is 440 g/mol. The highest BCUT2D eigenvalue weighted by Crippen LogP contribution is 2.34. The van der Waals surface area contributed by atoms with Gasteiger partial charge in [-0.15, -0.1) is 17.9 Å². The molecule has 0 fully saturated rings. The molecule has 7 heteroatoms. The lowest BCUT2D eigenvalue weighted by Crippen LogP contribution is -2.29. The minimum atomic E-state index is -0.0821. The van der Waals surface area contributed by atoms with Crippen molar-refractivity contribution >= 4 is 39.2 Å². The number of benzene rings is 1. The summed E-state index contributed by atoms with van der Waals surface area (Å²) in [6.07, 6.45) is 5.97. The summed E-state index contributed by atoms with van der Waals surface area (Å²) < 4.78 is 1.65. The highest BCUT2D eigenvalue weighted by Gasteiger charge is 2.22. The quantitative estimate of drug-likeness (QED) is 0.335. The molecule has 0 saturated heterocycles. The van der Waals surface area contributed by atoms with Crippen LogP contribution < -0.4 is 10.9 Å². The second-order valence-electron chi connectivity index (χ2n) is 7.48. The van der Waals surface area contributed by atoms with E-state index in [1.165, 1.54) is 28.6 Å². The topological polar surface area (TPSA) is 64.0 Å². The average Bonchev–Trinajstić information content (AvgIpc) is 3.13. The van der Waals surface area contributed by atoms with E-state index in [1.807, 2.05) is 37.3 Å². The Balaban J connectivity index is 1.56. The molecule has 0 aliphatic heterocycles. The van der Waals surface area contributed by atoms with Crippen LogP contribution in [0.1, 0.15) is 41.8 Å². The van der Waals surface area contributed by atoms with Gasteiger partial charge in [0.15, 0.2) is 5.16 Å². The van der Waals surface area contributed by atoms with Gasteiger partial charge >= 0.3 is 0 Å². The normalized spacial score (nSPS) is 14.3. The Bertz CT molecular complexity index is 1130. The molecule has 5 nitrogen and oxygen atoms in total. The molecule has 0 saturated carbocycles. The molecule has 0 bridgehead atoms. The fourth-order valence-corrected chi connectivity index (χ4v) is 5.98. The van der Waals surface area contributed by atoms with Gasteiger partial charge < -0.3 is 5.32 Å². The van der Waals surface area contributed by atoms with Crippen LogP contribution in [0.5, 0.6) is 0 Å². The Morgan fingerprint density at radius 3 is 2.87 bits per heavy atom. The summed E-state index contributed by atoms with van der Waals surface area (Å²) in [7, 11) is 0. The Labute approximate surface area is 184 Å². The first-order valence-electron chi connectivity index (χ1n) is 10.2. The van der Waals surface area contributed by atoms with Crippen molar-refractivity contribution in [2.24, 2.45) is 0 Å². The summed E-state index contributed by atoms with van der Waals surface area (Å²) in [5.41, 5.74) is 2.23. The highest BCUT2D eigenvalue weighted by molar-refractivity contribution is 7.99. The molecule has 0 spiro atoms. The zero-order valence-electron chi connectivity index (χ0n) is 17.0. The largest absolute Gasteiger partial charge is 0.349 e. The first-order valence-corrected chi connectivity index (χ1v) is 12.0. The molecule has 0 unspecified atom stereocenters. The Kier molecular flexibility index (Phi) is 6.39. The van der Waals surface area contributed by atoms with Crippen LogP contribution in [0.15, 0.2) is 52.9 Å². The van der Waals surface area contributed by atoms with Crippen LogP contribution >= 0.6 is 23.1 Å². The summed E-state index contributed by atoms with van der Waals surface area (Å²) in [5.74, 6) is 0.124. The number of thioether (sulfide) groups is 1. The van der Waals surface area contributed by atoms with Gasteiger partial charge in [-0.3, -0.25) is 14.2 Å². The van der Waals surface area contributed by atoms with Crippen molar-refractivity contribution in [1.29, 1.82) is 0 Å². The van der Waals surface area contributed by atoms with E-state index in [0.29, 0.717) is 11.7 Å². The van der Waals surface area contributed by atoms with Gasteiger partial charge in [0.05, 0.1) is 17.2 Å². The van der Waals surface area contributed by atoms with Crippen LogP contribution in [0, 0.1) is 0 Å². The minimum absolute atomic E-state index is 0.0140. The summed E-state index contributed by atoms with van der Waals surface area (Å²) in [6.45, 7) is 6.14. The molecule has 4 rings (SSSR count). The maximum absolute atomic E-state index is 13.2. The van der Waals surface area contributed by atoms with Crippen LogP contribution in [0.3, 0.4) is 0 Å². The van der Waals surface area contributed by atoms with Gasteiger partial charge in [-0.05, 0) is 43.7 Å². The maximum atomic E-state index is 13.2. The monoisotopic (exact) mass is 439 g/mol. The van der Waals surface area contributed by atoms with Crippen molar-refractivity contribution in [3.8, 4) is 0 Å². The van der Waals surface area contributed by atoms with Gasteiger partial charge in [-0.1, -0.05) is 48.2 Å². The van der Waals surface area contributed by atoms with Crippen molar-refractivity contribution in [2.45, 2.75) is 50.4 Å². The van der Waals surface area contributed by atoms with E-state index in [2.05, 4.69) is 11.9 Å². The smallest absolute Gasteiger partial charge is 0.263 e. The number of aromatic nitrogens is 2. The molecule has 1 N–H and O–H groups in total. The van der Waals surface area contributed by atoms with Crippen molar-refractivity contribution < 1.29 is 4.79 Å². The van der Waals surface area contributed by atoms with Gasteiger partial charge in [-0.25, -0.2) is 4.98 Å². The third-order valence-corrected chi connectivity index (χ3v) is 7.52. The molecule has 2 heterocycles. The van der Waals surface area contributed by atoms with Crippen molar-refractivity contribution in [2.75, 3.05) is 5.75 Å². The number of carbonyl (C=O) groups excluding carboxylic acids is 1. The van der Waals surface area contributed by atoms with Crippen LogP contribution in [-0.4, -0.2) is 21.2 Å². The second kappa shape index (κ2) is 9.18. The lowest BCUT2D eigenvalue weighted by atomic mass is 9.97. The van der Waals surface area contributed by atoms with Crippen molar-refractivity contribution in [3.05, 3.63) is 69.3 Å². The number of nitrogens with one attached hydrogen (secondary N) is 1. The first-order chi connectivity index (χ1) is 14.6.